The molecule has 0 saturated carbocycles. The molecule has 1 N–H and O–H groups in total. The highest BCUT2D eigenvalue weighted by Crippen LogP contribution is 2.32. The van der Waals surface area contributed by atoms with Crippen LogP contribution in [0.15, 0.2) is 48.9 Å². The Labute approximate surface area is 198 Å². The van der Waals surface area contributed by atoms with Crippen molar-refractivity contribution in [2.45, 2.75) is 32.0 Å². The van der Waals surface area contributed by atoms with Crippen LogP contribution in [0.5, 0.6) is 0 Å². The molecule has 1 saturated heterocycles. The van der Waals surface area contributed by atoms with E-state index >= 15 is 0 Å². The van der Waals surface area contributed by atoms with Gasteiger partial charge in [-0.25, -0.2) is 23.7 Å². The molecule has 3 aromatic rings. The van der Waals surface area contributed by atoms with Crippen molar-refractivity contribution in [3.8, 4) is 11.4 Å². The molecular weight excluding hydrogens is 469 g/mol. The molecule has 1 aromatic carbocycles. The lowest BCUT2D eigenvalue weighted by Gasteiger charge is -2.40. The third-order valence-electron chi connectivity index (χ3n) is 6.07. The van der Waals surface area contributed by atoms with Crippen LogP contribution in [0, 0.1) is 17.6 Å². The lowest BCUT2D eigenvalue weighted by molar-refractivity contribution is -0.137. The molecule has 1 amide bonds. The highest BCUT2D eigenvalue weighted by Gasteiger charge is 2.36. The molecule has 1 fully saturated rings. The van der Waals surface area contributed by atoms with Crippen LogP contribution in [0.3, 0.4) is 0 Å². The van der Waals surface area contributed by atoms with E-state index in [1.165, 1.54) is 29.4 Å². The van der Waals surface area contributed by atoms with Gasteiger partial charge in [-0.3, -0.25) is 4.79 Å². The van der Waals surface area contributed by atoms with E-state index in [0.29, 0.717) is 13.0 Å². The first-order valence-corrected chi connectivity index (χ1v) is 11.0. The van der Waals surface area contributed by atoms with Gasteiger partial charge in [0.15, 0.2) is 5.82 Å². The van der Waals surface area contributed by atoms with Crippen molar-refractivity contribution in [1.82, 2.24) is 19.9 Å². The standard InChI is InChI=1S/C24H22F5N5O/c1-14-4-2-11-34(18(14)13-33-19-8-5-15(12-32-19)24(27,28)29)23(35)21-17(26)7-6-16(25)20(21)22-30-9-3-10-31-22/h3,5-10,12,14,18H,2,4,11,13H2,1H3,(H,32,33). The van der Waals surface area contributed by atoms with Crippen LogP contribution in [0.2, 0.25) is 0 Å². The number of nitrogens with zero attached hydrogens (tertiary/aromatic N) is 4. The lowest BCUT2D eigenvalue weighted by atomic mass is 9.89. The second-order valence-electron chi connectivity index (χ2n) is 8.35. The molecule has 1 aliphatic rings. The highest BCUT2D eigenvalue weighted by molar-refractivity contribution is 6.00. The monoisotopic (exact) mass is 491 g/mol. The van der Waals surface area contributed by atoms with Gasteiger partial charge >= 0.3 is 6.18 Å². The van der Waals surface area contributed by atoms with E-state index in [1.807, 2.05) is 6.92 Å². The zero-order chi connectivity index (χ0) is 25.2. The first-order valence-electron chi connectivity index (χ1n) is 11.0. The molecule has 0 bridgehead atoms. The average Bonchev–Trinajstić information content (AvgIpc) is 2.84. The second-order valence-corrected chi connectivity index (χ2v) is 8.35. The maximum Gasteiger partial charge on any atom is 0.417 e. The van der Waals surface area contributed by atoms with Crippen LogP contribution >= 0.6 is 0 Å². The molecule has 2 unspecified atom stereocenters. The van der Waals surface area contributed by atoms with Crippen molar-refractivity contribution in [3.05, 3.63) is 71.7 Å². The number of pyridine rings is 1. The van der Waals surface area contributed by atoms with E-state index in [9.17, 15) is 26.7 Å². The number of carbonyl (C=O) groups is 1. The molecule has 2 atom stereocenters. The van der Waals surface area contributed by atoms with Gasteiger partial charge in [-0.05, 0) is 49.1 Å². The summed E-state index contributed by atoms with van der Waals surface area (Å²) in [5, 5.41) is 2.97. The average molecular weight is 491 g/mol. The second kappa shape index (κ2) is 9.93. The number of halogens is 5. The van der Waals surface area contributed by atoms with Crippen LogP contribution in [0.1, 0.15) is 35.7 Å². The first-order chi connectivity index (χ1) is 16.7. The number of hydrogen-bond donors (Lipinski definition) is 1. The molecule has 2 aromatic heterocycles. The molecule has 0 spiro atoms. The van der Waals surface area contributed by atoms with Crippen LogP contribution < -0.4 is 5.32 Å². The van der Waals surface area contributed by atoms with Crippen molar-refractivity contribution in [1.29, 1.82) is 0 Å². The summed E-state index contributed by atoms with van der Waals surface area (Å²) in [5.74, 6) is -2.34. The Morgan fingerprint density at radius 3 is 2.46 bits per heavy atom. The Bertz CT molecular complexity index is 1190. The Morgan fingerprint density at radius 1 is 1.09 bits per heavy atom. The summed E-state index contributed by atoms with van der Waals surface area (Å²) < 4.78 is 68.1. The molecule has 11 heteroatoms. The van der Waals surface area contributed by atoms with Gasteiger partial charge in [-0.15, -0.1) is 0 Å². The number of anilines is 1. The number of nitrogens with one attached hydrogen (secondary N) is 1. The molecule has 6 nitrogen and oxygen atoms in total. The zero-order valence-electron chi connectivity index (χ0n) is 18.7. The van der Waals surface area contributed by atoms with Crippen molar-refractivity contribution in [2.24, 2.45) is 5.92 Å². The smallest absolute Gasteiger partial charge is 0.368 e. The largest absolute Gasteiger partial charge is 0.417 e. The number of piperidine rings is 1. The molecule has 4 rings (SSSR count). The van der Waals surface area contributed by atoms with Gasteiger partial charge in [0, 0.05) is 31.7 Å². The van der Waals surface area contributed by atoms with E-state index in [0.717, 1.165) is 30.8 Å². The fourth-order valence-corrected chi connectivity index (χ4v) is 4.24. The number of aromatic nitrogens is 3. The molecule has 3 heterocycles. The quantitative estimate of drug-likeness (QED) is 0.498. The van der Waals surface area contributed by atoms with Crippen molar-refractivity contribution in [2.75, 3.05) is 18.4 Å². The van der Waals surface area contributed by atoms with Gasteiger partial charge in [-0.1, -0.05) is 6.92 Å². The third kappa shape index (κ3) is 5.23. The number of rotatable bonds is 5. The molecule has 1 aliphatic heterocycles. The topological polar surface area (TPSA) is 71.0 Å². The fourth-order valence-electron chi connectivity index (χ4n) is 4.24. The minimum atomic E-state index is -4.50. The van der Waals surface area contributed by atoms with Gasteiger partial charge in [0.1, 0.15) is 17.5 Å². The van der Waals surface area contributed by atoms with E-state index < -0.39 is 40.9 Å². The predicted molar refractivity (Wildman–Crippen MR) is 118 cm³/mol. The predicted octanol–water partition coefficient (Wildman–Crippen LogP) is 5.19. The molecule has 0 radical (unpaired) electrons. The van der Waals surface area contributed by atoms with Crippen molar-refractivity contribution < 1.29 is 26.7 Å². The summed E-state index contributed by atoms with van der Waals surface area (Å²) in [5.41, 5.74) is -1.64. The number of alkyl halides is 3. The Hall–Kier alpha value is -3.63. The normalized spacial score (nSPS) is 18.4. The Morgan fingerprint density at radius 2 is 1.80 bits per heavy atom. The van der Waals surface area contributed by atoms with Crippen LogP contribution in [0.25, 0.3) is 11.4 Å². The number of carbonyl (C=O) groups excluding carboxylic acids is 1. The number of amides is 1. The van der Waals surface area contributed by atoms with E-state index in [-0.39, 0.29) is 29.7 Å². The number of benzene rings is 1. The summed E-state index contributed by atoms with van der Waals surface area (Å²) in [7, 11) is 0. The third-order valence-corrected chi connectivity index (χ3v) is 6.07. The van der Waals surface area contributed by atoms with Crippen LogP contribution in [-0.4, -0.2) is 44.9 Å². The summed E-state index contributed by atoms with van der Waals surface area (Å²) in [4.78, 5) is 26.8. The maximum absolute atomic E-state index is 14.9. The van der Waals surface area contributed by atoms with Gasteiger partial charge in [0.2, 0.25) is 0 Å². The highest BCUT2D eigenvalue weighted by atomic mass is 19.4. The van der Waals surface area contributed by atoms with Gasteiger partial charge in [0.25, 0.3) is 5.91 Å². The van der Waals surface area contributed by atoms with E-state index in [1.54, 1.807) is 0 Å². The minimum Gasteiger partial charge on any atom is -0.368 e. The van der Waals surface area contributed by atoms with Gasteiger partial charge < -0.3 is 10.2 Å². The SMILES string of the molecule is CC1CCCN(C(=O)c2c(F)ccc(F)c2-c2ncccn2)C1CNc1ccc(C(F)(F)F)cn1. The van der Waals surface area contributed by atoms with Gasteiger partial charge in [-0.2, -0.15) is 13.2 Å². The summed E-state index contributed by atoms with van der Waals surface area (Å²) in [6, 6.07) is 5.02. The lowest BCUT2D eigenvalue weighted by Crippen LogP contribution is -2.51. The molecule has 0 aliphatic carbocycles. The van der Waals surface area contributed by atoms with E-state index in [4.69, 9.17) is 0 Å². The summed E-state index contributed by atoms with van der Waals surface area (Å²) in [6.45, 7) is 2.40. The maximum atomic E-state index is 14.9. The Balaban J connectivity index is 1.61. The summed E-state index contributed by atoms with van der Waals surface area (Å²) in [6.07, 6.45) is 0.417. The Kier molecular flexibility index (Phi) is 6.95. The van der Waals surface area contributed by atoms with E-state index in [2.05, 4.69) is 20.3 Å². The minimum absolute atomic E-state index is 0.0114. The number of likely N-dealkylation sites (tertiary alicyclic amines) is 1. The van der Waals surface area contributed by atoms with Crippen molar-refractivity contribution in [3.63, 3.8) is 0 Å². The molecule has 184 valence electrons. The van der Waals surface area contributed by atoms with Crippen molar-refractivity contribution >= 4 is 11.7 Å². The number of hydrogen-bond acceptors (Lipinski definition) is 5. The fraction of sp³-hybridized carbons (Fsp3) is 0.333. The van der Waals surface area contributed by atoms with Crippen LogP contribution in [-0.2, 0) is 6.18 Å². The van der Waals surface area contributed by atoms with Crippen LogP contribution in [0.4, 0.5) is 27.8 Å². The first kappa shape index (κ1) is 24.5. The molecular formula is C24H22F5N5O. The van der Waals surface area contributed by atoms with Gasteiger partial charge in [0.05, 0.1) is 22.7 Å². The summed E-state index contributed by atoms with van der Waals surface area (Å²) >= 11 is 0. The molecule has 35 heavy (non-hydrogen) atoms. The zero-order valence-corrected chi connectivity index (χ0v) is 18.7.